The van der Waals surface area contributed by atoms with Crippen LogP contribution in [0.15, 0.2) is 24.4 Å². The van der Waals surface area contributed by atoms with Crippen molar-refractivity contribution in [2.45, 2.75) is 32.1 Å². The van der Waals surface area contributed by atoms with Gasteiger partial charge in [-0.3, -0.25) is 9.59 Å². The number of hydrogen-bond acceptors (Lipinski definition) is 4. The Labute approximate surface area is 118 Å². The largest absolute Gasteiger partial charge is 0.481 e. The number of nitrogens with one attached hydrogen (secondary N) is 2. The Morgan fingerprint density at radius 1 is 1.10 bits per heavy atom. The summed E-state index contributed by atoms with van der Waals surface area (Å²) in [6.07, 6.45) is 4.89. The minimum atomic E-state index is -0.897. The highest BCUT2D eigenvalue weighted by molar-refractivity contribution is 5.76. The van der Waals surface area contributed by atoms with Crippen molar-refractivity contribution in [3.63, 3.8) is 0 Å². The lowest BCUT2D eigenvalue weighted by atomic mass is 10.2. The van der Waals surface area contributed by atoms with Gasteiger partial charge >= 0.3 is 5.97 Å². The molecule has 6 nitrogen and oxygen atoms in total. The average Bonchev–Trinajstić information content (AvgIpc) is 2.43. The quantitative estimate of drug-likeness (QED) is 0.566. The van der Waals surface area contributed by atoms with Gasteiger partial charge in [0, 0.05) is 25.7 Å². The topological polar surface area (TPSA) is 91.3 Å². The summed E-state index contributed by atoms with van der Waals surface area (Å²) < 4.78 is 0. The van der Waals surface area contributed by atoms with Crippen LogP contribution in [-0.2, 0) is 9.59 Å². The summed E-state index contributed by atoms with van der Waals surface area (Å²) in [5, 5.41) is 14.2. The highest BCUT2D eigenvalue weighted by atomic mass is 16.4. The predicted octanol–water partition coefficient (Wildman–Crippen LogP) is 1.64. The lowest BCUT2D eigenvalue weighted by Gasteiger charge is -2.05. The fourth-order valence-electron chi connectivity index (χ4n) is 1.67. The number of unbranched alkanes of at least 4 members (excludes halogenated alkanes) is 2. The summed E-state index contributed by atoms with van der Waals surface area (Å²) in [6.45, 7) is 1.03. The number of rotatable bonds is 10. The number of carboxylic acid groups (broad SMARTS) is 1. The number of carboxylic acids is 1. The molecule has 1 aromatic rings. The summed E-state index contributed by atoms with van der Waals surface area (Å²) in [4.78, 5) is 25.8. The average molecular weight is 279 g/mol. The second-order valence-corrected chi connectivity index (χ2v) is 4.45. The van der Waals surface area contributed by atoms with Crippen molar-refractivity contribution >= 4 is 17.7 Å². The van der Waals surface area contributed by atoms with Crippen LogP contribution < -0.4 is 10.6 Å². The van der Waals surface area contributed by atoms with Gasteiger partial charge in [-0.05, 0) is 25.0 Å². The minimum Gasteiger partial charge on any atom is -0.481 e. The van der Waals surface area contributed by atoms with E-state index in [-0.39, 0.29) is 18.9 Å². The van der Waals surface area contributed by atoms with E-state index >= 15 is 0 Å². The van der Waals surface area contributed by atoms with Crippen molar-refractivity contribution in [2.24, 2.45) is 0 Å². The Kier molecular flexibility index (Phi) is 7.79. The number of pyridine rings is 1. The van der Waals surface area contributed by atoms with Crippen molar-refractivity contribution < 1.29 is 14.7 Å². The molecule has 20 heavy (non-hydrogen) atoms. The molecule has 0 saturated heterocycles. The van der Waals surface area contributed by atoms with Gasteiger partial charge in [-0.2, -0.15) is 0 Å². The first-order valence-corrected chi connectivity index (χ1v) is 6.82. The van der Waals surface area contributed by atoms with E-state index in [0.29, 0.717) is 6.42 Å². The van der Waals surface area contributed by atoms with Gasteiger partial charge in [0.2, 0.25) is 5.91 Å². The van der Waals surface area contributed by atoms with Crippen LogP contribution in [0.2, 0.25) is 0 Å². The van der Waals surface area contributed by atoms with Crippen LogP contribution in [0.4, 0.5) is 5.82 Å². The van der Waals surface area contributed by atoms with Crippen LogP contribution >= 0.6 is 0 Å². The number of aromatic nitrogens is 1. The summed E-state index contributed by atoms with van der Waals surface area (Å²) >= 11 is 0. The number of anilines is 1. The third-order valence-corrected chi connectivity index (χ3v) is 2.71. The fraction of sp³-hybridized carbons (Fsp3) is 0.500. The van der Waals surface area contributed by atoms with Crippen LogP contribution in [-0.4, -0.2) is 35.1 Å². The molecule has 0 aliphatic heterocycles. The fourth-order valence-corrected chi connectivity index (χ4v) is 1.67. The highest BCUT2D eigenvalue weighted by Gasteiger charge is 2.02. The van der Waals surface area contributed by atoms with E-state index < -0.39 is 5.97 Å². The van der Waals surface area contributed by atoms with Crippen molar-refractivity contribution in [3.05, 3.63) is 24.4 Å². The molecule has 0 aromatic carbocycles. The highest BCUT2D eigenvalue weighted by Crippen LogP contribution is 2.03. The number of amides is 1. The Balaban J connectivity index is 1.94. The van der Waals surface area contributed by atoms with E-state index in [1.165, 1.54) is 0 Å². The monoisotopic (exact) mass is 279 g/mol. The van der Waals surface area contributed by atoms with Crippen LogP contribution in [0.1, 0.15) is 32.1 Å². The molecule has 0 bridgehead atoms. The van der Waals surface area contributed by atoms with E-state index in [2.05, 4.69) is 15.6 Å². The molecule has 1 amide bonds. The van der Waals surface area contributed by atoms with Gasteiger partial charge in [0.05, 0.1) is 6.42 Å². The van der Waals surface area contributed by atoms with Crippen LogP contribution in [0.25, 0.3) is 0 Å². The maximum Gasteiger partial charge on any atom is 0.305 e. The molecule has 3 N–H and O–H groups in total. The summed E-state index contributed by atoms with van der Waals surface area (Å²) in [7, 11) is 0. The van der Waals surface area contributed by atoms with Crippen molar-refractivity contribution in [3.8, 4) is 0 Å². The van der Waals surface area contributed by atoms with E-state index in [0.717, 1.165) is 31.6 Å². The molecule has 110 valence electrons. The molecule has 0 fully saturated rings. The van der Waals surface area contributed by atoms with Crippen molar-refractivity contribution in [1.82, 2.24) is 10.3 Å². The van der Waals surface area contributed by atoms with Gasteiger partial charge in [-0.15, -0.1) is 0 Å². The number of hydrogen-bond donors (Lipinski definition) is 3. The normalized spacial score (nSPS) is 10.0. The molecule has 0 unspecified atom stereocenters. The number of carbonyl (C=O) groups excluding carboxylic acids is 1. The van der Waals surface area contributed by atoms with Gasteiger partial charge in [-0.1, -0.05) is 12.5 Å². The maximum atomic E-state index is 11.3. The van der Waals surface area contributed by atoms with E-state index in [1.807, 2.05) is 18.2 Å². The molecule has 1 aromatic heterocycles. The van der Waals surface area contributed by atoms with Crippen LogP contribution in [0.3, 0.4) is 0 Å². The third kappa shape index (κ3) is 8.07. The van der Waals surface area contributed by atoms with Crippen LogP contribution in [0, 0.1) is 0 Å². The Bertz CT molecular complexity index is 409. The smallest absolute Gasteiger partial charge is 0.305 e. The number of aliphatic carboxylic acids is 1. The zero-order valence-corrected chi connectivity index (χ0v) is 11.5. The van der Waals surface area contributed by atoms with Crippen molar-refractivity contribution in [2.75, 3.05) is 18.4 Å². The maximum absolute atomic E-state index is 11.3. The summed E-state index contributed by atoms with van der Waals surface area (Å²) in [5.74, 6) is -0.117. The van der Waals surface area contributed by atoms with Gasteiger partial charge in [-0.25, -0.2) is 4.98 Å². The van der Waals surface area contributed by atoms with Gasteiger partial charge in [0.1, 0.15) is 5.82 Å². The lowest BCUT2D eigenvalue weighted by Crippen LogP contribution is -2.25. The molecule has 0 aliphatic carbocycles. The number of nitrogens with zero attached hydrogens (tertiary/aromatic N) is 1. The standard InChI is InChI=1S/C14H21N3O3/c18-13(17-11-8-14(19)20)7-2-1-4-9-15-12-6-3-5-10-16-12/h3,5-6,10H,1-2,4,7-9,11H2,(H,15,16)(H,17,18)(H,19,20). The van der Waals surface area contributed by atoms with Crippen LogP contribution in [0.5, 0.6) is 0 Å². The summed E-state index contributed by atoms with van der Waals surface area (Å²) in [5.41, 5.74) is 0. The second-order valence-electron chi connectivity index (χ2n) is 4.45. The van der Waals surface area contributed by atoms with Gasteiger partial charge in [0.25, 0.3) is 0 Å². The molecule has 0 atom stereocenters. The minimum absolute atomic E-state index is 0.0280. The molecule has 1 rings (SSSR count). The number of carbonyl (C=O) groups is 2. The Hall–Kier alpha value is -2.11. The zero-order chi connectivity index (χ0) is 14.6. The van der Waals surface area contributed by atoms with E-state index in [1.54, 1.807) is 6.20 Å². The SMILES string of the molecule is O=C(O)CCNC(=O)CCCCCNc1ccccn1. The molecular weight excluding hydrogens is 258 g/mol. The second kappa shape index (κ2) is 9.77. The van der Waals surface area contributed by atoms with Gasteiger partial charge in [0.15, 0.2) is 0 Å². The first-order chi connectivity index (χ1) is 9.68. The first kappa shape index (κ1) is 15.9. The van der Waals surface area contributed by atoms with Crippen molar-refractivity contribution in [1.29, 1.82) is 0 Å². The third-order valence-electron chi connectivity index (χ3n) is 2.71. The lowest BCUT2D eigenvalue weighted by molar-refractivity contribution is -0.136. The van der Waals surface area contributed by atoms with E-state index in [4.69, 9.17) is 5.11 Å². The molecule has 1 heterocycles. The summed E-state index contributed by atoms with van der Waals surface area (Å²) in [6, 6.07) is 5.71. The molecule has 6 heteroatoms. The Morgan fingerprint density at radius 3 is 2.65 bits per heavy atom. The molecule has 0 spiro atoms. The molecular formula is C14H21N3O3. The molecule has 0 saturated carbocycles. The predicted molar refractivity (Wildman–Crippen MR) is 76.5 cm³/mol. The molecule has 0 radical (unpaired) electrons. The molecule has 0 aliphatic rings. The van der Waals surface area contributed by atoms with E-state index in [9.17, 15) is 9.59 Å². The zero-order valence-electron chi connectivity index (χ0n) is 11.5. The first-order valence-electron chi connectivity index (χ1n) is 6.82. The van der Waals surface area contributed by atoms with Gasteiger partial charge < -0.3 is 15.7 Å². The Morgan fingerprint density at radius 2 is 1.95 bits per heavy atom.